The predicted molar refractivity (Wildman–Crippen MR) is 69.4 cm³/mol. The number of hydrogen-bond acceptors (Lipinski definition) is 2. The van der Waals surface area contributed by atoms with Crippen LogP contribution in [0.15, 0.2) is 55.2 Å². The van der Waals surface area contributed by atoms with Gasteiger partial charge in [0.1, 0.15) is 5.69 Å². The second kappa shape index (κ2) is 3.87. The molecule has 0 saturated heterocycles. The van der Waals surface area contributed by atoms with Crippen LogP contribution in [0, 0.1) is 0 Å². The van der Waals surface area contributed by atoms with Crippen LogP contribution < -0.4 is 0 Å². The highest BCUT2D eigenvalue weighted by atomic mass is 15.1. The zero-order valence-corrected chi connectivity index (χ0v) is 9.24. The van der Waals surface area contributed by atoms with Crippen molar-refractivity contribution in [3.8, 4) is 11.5 Å². The van der Waals surface area contributed by atoms with Crippen LogP contribution in [0.4, 0.5) is 0 Å². The summed E-state index contributed by atoms with van der Waals surface area (Å²) in [5.41, 5.74) is 2.85. The van der Waals surface area contributed by atoms with Gasteiger partial charge in [-0.05, 0) is 24.3 Å². The lowest BCUT2D eigenvalue weighted by molar-refractivity contribution is 1.15. The molecule has 0 fully saturated rings. The third-order valence-corrected chi connectivity index (χ3v) is 2.67. The molecule has 0 aliphatic carbocycles. The Morgan fingerprint density at radius 1 is 1.06 bits per heavy atom. The van der Waals surface area contributed by atoms with Crippen LogP contribution >= 0.6 is 0 Å². The third-order valence-electron chi connectivity index (χ3n) is 2.67. The Morgan fingerprint density at radius 2 is 1.88 bits per heavy atom. The van der Waals surface area contributed by atoms with E-state index in [1.54, 1.807) is 12.4 Å². The summed E-state index contributed by atoms with van der Waals surface area (Å²) in [5.74, 6) is 0.821. The van der Waals surface area contributed by atoms with Crippen molar-refractivity contribution >= 4 is 17.2 Å². The summed E-state index contributed by atoms with van der Waals surface area (Å²) < 4.78 is 1.96. The van der Waals surface area contributed by atoms with E-state index in [1.165, 1.54) is 0 Å². The summed E-state index contributed by atoms with van der Waals surface area (Å²) in [7, 11) is 0. The van der Waals surface area contributed by atoms with Gasteiger partial charge in [0.2, 0.25) is 0 Å². The van der Waals surface area contributed by atoms with Crippen molar-refractivity contribution in [1.29, 1.82) is 0 Å². The standard InChI is InChI=1S/C14H11N3/c1-2-17-13-9-4-3-7-11(13)16-14(17)12-8-5-6-10-15-12/h2-10H,1H2. The fraction of sp³-hybridized carbons (Fsp3) is 0. The molecule has 0 radical (unpaired) electrons. The van der Waals surface area contributed by atoms with Gasteiger partial charge in [-0.2, -0.15) is 0 Å². The lowest BCUT2D eigenvalue weighted by atomic mass is 10.3. The molecule has 82 valence electrons. The van der Waals surface area contributed by atoms with E-state index in [1.807, 2.05) is 47.0 Å². The molecule has 0 aliphatic rings. The Morgan fingerprint density at radius 3 is 2.65 bits per heavy atom. The Bertz CT molecular complexity index is 668. The van der Waals surface area contributed by atoms with Gasteiger partial charge in [0.05, 0.1) is 11.0 Å². The molecule has 1 aromatic carbocycles. The van der Waals surface area contributed by atoms with Crippen molar-refractivity contribution in [3.05, 3.63) is 55.2 Å². The number of benzene rings is 1. The van der Waals surface area contributed by atoms with E-state index in [-0.39, 0.29) is 0 Å². The van der Waals surface area contributed by atoms with Crippen molar-refractivity contribution in [3.63, 3.8) is 0 Å². The predicted octanol–water partition coefficient (Wildman–Crippen LogP) is 3.20. The molecule has 0 unspecified atom stereocenters. The molecular formula is C14H11N3. The van der Waals surface area contributed by atoms with Gasteiger partial charge < -0.3 is 0 Å². The SMILES string of the molecule is C=Cn1c(-c2ccccn2)nc2ccccc21. The molecular weight excluding hydrogens is 210 g/mol. The molecule has 0 spiro atoms. The lowest BCUT2D eigenvalue weighted by Gasteiger charge is -2.01. The molecule has 2 heterocycles. The van der Waals surface area contributed by atoms with Crippen LogP contribution in [-0.2, 0) is 0 Å². The summed E-state index contributed by atoms with van der Waals surface area (Å²) in [6, 6.07) is 13.8. The molecule has 2 aromatic heterocycles. The van der Waals surface area contributed by atoms with Crippen LogP contribution in [0.2, 0.25) is 0 Å². The number of hydrogen-bond donors (Lipinski definition) is 0. The number of imidazole rings is 1. The molecule has 3 aromatic rings. The maximum atomic E-state index is 4.58. The van der Waals surface area contributed by atoms with Gasteiger partial charge in [0, 0.05) is 12.4 Å². The highest BCUT2D eigenvalue weighted by molar-refractivity contribution is 5.82. The van der Waals surface area contributed by atoms with Crippen molar-refractivity contribution in [1.82, 2.24) is 14.5 Å². The molecule has 0 atom stereocenters. The second-order valence-electron chi connectivity index (χ2n) is 3.69. The quantitative estimate of drug-likeness (QED) is 0.665. The number of rotatable bonds is 2. The molecule has 3 rings (SSSR count). The van der Waals surface area contributed by atoms with Crippen molar-refractivity contribution < 1.29 is 0 Å². The van der Waals surface area contributed by atoms with Gasteiger partial charge in [0.25, 0.3) is 0 Å². The Kier molecular flexibility index (Phi) is 2.22. The molecule has 3 nitrogen and oxygen atoms in total. The van der Waals surface area contributed by atoms with Crippen LogP contribution in [0.5, 0.6) is 0 Å². The van der Waals surface area contributed by atoms with Gasteiger partial charge in [-0.3, -0.25) is 9.55 Å². The molecule has 17 heavy (non-hydrogen) atoms. The molecule has 0 bridgehead atoms. The highest BCUT2D eigenvalue weighted by Crippen LogP contribution is 2.22. The first-order valence-electron chi connectivity index (χ1n) is 5.41. The third kappa shape index (κ3) is 1.52. The minimum Gasteiger partial charge on any atom is -0.298 e. The first-order chi connectivity index (χ1) is 8.40. The maximum absolute atomic E-state index is 4.58. The summed E-state index contributed by atoms with van der Waals surface area (Å²) in [6.07, 6.45) is 3.53. The van der Waals surface area contributed by atoms with Crippen molar-refractivity contribution in [2.45, 2.75) is 0 Å². The van der Waals surface area contributed by atoms with Crippen molar-refractivity contribution in [2.75, 3.05) is 0 Å². The molecule has 0 saturated carbocycles. The summed E-state index contributed by atoms with van der Waals surface area (Å²) >= 11 is 0. The second-order valence-corrected chi connectivity index (χ2v) is 3.69. The summed E-state index contributed by atoms with van der Waals surface area (Å²) in [4.78, 5) is 8.90. The van der Waals surface area contributed by atoms with Crippen LogP contribution in [0.1, 0.15) is 0 Å². The largest absolute Gasteiger partial charge is 0.298 e. The fourth-order valence-electron chi connectivity index (χ4n) is 1.91. The fourth-order valence-corrected chi connectivity index (χ4v) is 1.91. The topological polar surface area (TPSA) is 30.7 Å². The van der Waals surface area contributed by atoms with Gasteiger partial charge >= 0.3 is 0 Å². The average Bonchev–Trinajstić information content (AvgIpc) is 2.78. The van der Waals surface area contributed by atoms with E-state index in [9.17, 15) is 0 Å². The van der Waals surface area contributed by atoms with Crippen LogP contribution in [-0.4, -0.2) is 14.5 Å². The van der Waals surface area contributed by atoms with E-state index in [2.05, 4.69) is 16.5 Å². The van der Waals surface area contributed by atoms with Gasteiger partial charge in [0.15, 0.2) is 5.82 Å². The van der Waals surface area contributed by atoms with E-state index in [4.69, 9.17) is 0 Å². The first kappa shape index (κ1) is 9.78. The highest BCUT2D eigenvalue weighted by Gasteiger charge is 2.10. The Hall–Kier alpha value is -2.42. The summed E-state index contributed by atoms with van der Waals surface area (Å²) in [5, 5.41) is 0. The Labute approximate surface area is 99.1 Å². The number of aromatic nitrogens is 3. The van der Waals surface area contributed by atoms with Gasteiger partial charge in [-0.25, -0.2) is 4.98 Å². The number of para-hydroxylation sites is 2. The first-order valence-corrected chi connectivity index (χ1v) is 5.41. The minimum atomic E-state index is 0.821. The zero-order valence-electron chi connectivity index (χ0n) is 9.24. The minimum absolute atomic E-state index is 0.821. The van der Waals surface area contributed by atoms with E-state index in [0.717, 1.165) is 22.6 Å². The number of fused-ring (bicyclic) bond motifs is 1. The van der Waals surface area contributed by atoms with Gasteiger partial charge in [-0.1, -0.05) is 24.8 Å². The zero-order chi connectivity index (χ0) is 11.7. The molecule has 0 N–H and O–H groups in total. The van der Waals surface area contributed by atoms with Crippen LogP contribution in [0.3, 0.4) is 0 Å². The molecule has 0 amide bonds. The summed E-state index contributed by atoms with van der Waals surface area (Å²) in [6.45, 7) is 3.83. The Balaban J connectivity index is 2.33. The van der Waals surface area contributed by atoms with E-state index < -0.39 is 0 Å². The maximum Gasteiger partial charge on any atom is 0.163 e. The molecule has 0 aliphatic heterocycles. The smallest absolute Gasteiger partial charge is 0.163 e. The van der Waals surface area contributed by atoms with Gasteiger partial charge in [-0.15, -0.1) is 0 Å². The van der Waals surface area contributed by atoms with Crippen LogP contribution in [0.25, 0.3) is 28.8 Å². The normalized spacial score (nSPS) is 10.6. The van der Waals surface area contributed by atoms with E-state index >= 15 is 0 Å². The number of pyridine rings is 1. The van der Waals surface area contributed by atoms with Crippen molar-refractivity contribution in [2.24, 2.45) is 0 Å². The molecule has 3 heteroatoms. The number of nitrogens with zero attached hydrogens (tertiary/aromatic N) is 3. The lowest BCUT2D eigenvalue weighted by Crippen LogP contribution is -1.92. The average molecular weight is 221 g/mol. The monoisotopic (exact) mass is 221 g/mol. The van der Waals surface area contributed by atoms with E-state index in [0.29, 0.717) is 0 Å².